The average Bonchev–Trinajstić information content (AvgIpc) is 2.39. The lowest BCUT2D eigenvalue weighted by atomic mass is 9.91. The first-order valence-corrected chi connectivity index (χ1v) is 5.57. The fourth-order valence-electron chi connectivity index (χ4n) is 2.15. The fourth-order valence-corrected chi connectivity index (χ4v) is 2.71. The van der Waals surface area contributed by atoms with E-state index in [2.05, 4.69) is 0 Å². The summed E-state index contributed by atoms with van der Waals surface area (Å²) in [5.41, 5.74) is 0. The van der Waals surface area contributed by atoms with Crippen molar-refractivity contribution < 1.29 is 0 Å². The van der Waals surface area contributed by atoms with E-state index in [0.29, 0.717) is 0 Å². The molecule has 0 saturated heterocycles. The molecule has 0 bridgehead atoms. The molecule has 1 fully saturated rings. The zero-order valence-corrected chi connectivity index (χ0v) is 8.37. The first-order valence-electron chi connectivity index (χ1n) is 4.50. The second kappa shape index (κ2) is 5.27. The molecule has 1 rings (SSSR count). The third-order valence-electron chi connectivity index (χ3n) is 2.78. The van der Waals surface area contributed by atoms with Crippen LogP contribution < -0.4 is 0 Å². The summed E-state index contributed by atoms with van der Waals surface area (Å²) in [5.74, 6) is 3.41. The van der Waals surface area contributed by atoms with Gasteiger partial charge in [-0.05, 0) is 24.7 Å². The number of hydrogen-bond acceptors (Lipinski definition) is 0. The Hall–Kier alpha value is 0.580. The molecule has 11 heavy (non-hydrogen) atoms. The Morgan fingerprint density at radius 2 is 1.36 bits per heavy atom. The Morgan fingerprint density at radius 3 is 1.73 bits per heavy atom. The van der Waals surface area contributed by atoms with Gasteiger partial charge in [-0.2, -0.15) is 0 Å². The first-order chi connectivity index (χ1) is 5.38. The van der Waals surface area contributed by atoms with E-state index in [1.807, 2.05) is 0 Å². The van der Waals surface area contributed by atoms with E-state index in [-0.39, 0.29) is 0 Å². The summed E-state index contributed by atoms with van der Waals surface area (Å²) < 4.78 is 0. The van der Waals surface area contributed by atoms with E-state index < -0.39 is 0 Å². The van der Waals surface area contributed by atoms with E-state index in [4.69, 9.17) is 23.2 Å². The van der Waals surface area contributed by atoms with Gasteiger partial charge in [0, 0.05) is 11.8 Å². The third kappa shape index (κ3) is 2.83. The molecule has 0 N–H and O–H groups in total. The van der Waals surface area contributed by atoms with Crippen molar-refractivity contribution in [3.63, 3.8) is 0 Å². The van der Waals surface area contributed by atoms with Crippen molar-refractivity contribution in [2.24, 2.45) is 11.8 Å². The quantitative estimate of drug-likeness (QED) is 0.600. The number of alkyl halides is 2. The zero-order valence-electron chi connectivity index (χ0n) is 6.86. The largest absolute Gasteiger partial charge is 0.127 e. The van der Waals surface area contributed by atoms with Crippen LogP contribution in [0.5, 0.6) is 0 Å². The van der Waals surface area contributed by atoms with Crippen molar-refractivity contribution in [2.75, 3.05) is 11.8 Å². The van der Waals surface area contributed by atoms with Gasteiger partial charge in [-0.15, -0.1) is 23.2 Å². The van der Waals surface area contributed by atoms with Crippen LogP contribution in [0.25, 0.3) is 0 Å². The summed E-state index contributed by atoms with van der Waals surface area (Å²) in [7, 11) is 0. The Labute approximate surface area is 79.3 Å². The van der Waals surface area contributed by atoms with Gasteiger partial charge < -0.3 is 0 Å². The van der Waals surface area contributed by atoms with Crippen LogP contribution in [0.4, 0.5) is 0 Å². The predicted molar refractivity (Wildman–Crippen MR) is 51.5 cm³/mol. The van der Waals surface area contributed by atoms with Crippen LogP contribution in [0.1, 0.15) is 32.1 Å². The highest BCUT2D eigenvalue weighted by atomic mass is 35.5. The molecular formula is C9H16Cl2. The topological polar surface area (TPSA) is 0 Å². The minimum Gasteiger partial charge on any atom is -0.127 e. The monoisotopic (exact) mass is 194 g/mol. The van der Waals surface area contributed by atoms with Crippen LogP contribution in [0.3, 0.4) is 0 Å². The smallest absolute Gasteiger partial charge is 0.0226 e. The van der Waals surface area contributed by atoms with Gasteiger partial charge in [-0.3, -0.25) is 0 Å². The van der Waals surface area contributed by atoms with Gasteiger partial charge >= 0.3 is 0 Å². The molecule has 2 atom stereocenters. The van der Waals surface area contributed by atoms with Gasteiger partial charge in [-0.25, -0.2) is 0 Å². The number of halogens is 2. The molecule has 0 aromatic carbocycles. The molecular weight excluding hydrogens is 179 g/mol. The molecule has 0 spiro atoms. The maximum Gasteiger partial charge on any atom is 0.0226 e. The Kier molecular flexibility index (Phi) is 4.63. The lowest BCUT2D eigenvalue weighted by Crippen LogP contribution is -2.08. The van der Waals surface area contributed by atoms with Crippen molar-refractivity contribution in [3.8, 4) is 0 Å². The summed E-state index contributed by atoms with van der Waals surface area (Å²) >= 11 is 11.4. The van der Waals surface area contributed by atoms with Crippen LogP contribution in [-0.4, -0.2) is 11.8 Å². The van der Waals surface area contributed by atoms with Gasteiger partial charge in [0.25, 0.3) is 0 Å². The summed E-state index contributed by atoms with van der Waals surface area (Å²) in [6, 6.07) is 0. The van der Waals surface area contributed by atoms with Gasteiger partial charge in [0.2, 0.25) is 0 Å². The van der Waals surface area contributed by atoms with Crippen molar-refractivity contribution in [1.82, 2.24) is 0 Å². The summed E-state index contributed by atoms with van der Waals surface area (Å²) in [5, 5.41) is 0. The van der Waals surface area contributed by atoms with Crippen LogP contribution in [0.2, 0.25) is 0 Å². The molecule has 0 aliphatic heterocycles. The standard InChI is InChI=1S/C9H16Cl2/c10-6-4-8-2-1-3-9(8)5-7-11/h8-9H,1-7H2/t8-,9-/m1/s1. The molecule has 66 valence electrons. The summed E-state index contributed by atoms with van der Waals surface area (Å²) in [4.78, 5) is 0. The van der Waals surface area contributed by atoms with E-state index in [1.165, 1.54) is 32.1 Å². The minimum atomic E-state index is 0.823. The van der Waals surface area contributed by atoms with Gasteiger partial charge in [0.1, 0.15) is 0 Å². The molecule has 1 aliphatic carbocycles. The molecule has 0 nitrogen and oxygen atoms in total. The average molecular weight is 195 g/mol. The Balaban J connectivity index is 2.25. The fraction of sp³-hybridized carbons (Fsp3) is 1.00. The zero-order chi connectivity index (χ0) is 8.10. The number of rotatable bonds is 4. The molecule has 1 aliphatic rings. The van der Waals surface area contributed by atoms with Crippen molar-refractivity contribution in [2.45, 2.75) is 32.1 Å². The maximum absolute atomic E-state index is 5.71. The maximum atomic E-state index is 5.71. The lowest BCUT2D eigenvalue weighted by Gasteiger charge is -2.16. The molecule has 0 amide bonds. The van der Waals surface area contributed by atoms with Crippen LogP contribution >= 0.6 is 23.2 Å². The Morgan fingerprint density at radius 1 is 0.909 bits per heavy atom. The highest BCUT2D eigenvalue weighted by molar-refractivity contribution is 6.18. The highest BCUT2D eigenvalue weighted by Gasteiger charge is 2.25. The van der Waals surface area contributed by atoms with Crippen LogP contribution in [0, 0.1) is 11.8 Å². The van der Waals surface area contributed by atoms with Crippen molar-refractivity contribution in [3.05, 3.63) is 0 Å². The third-order valence-corrected chi connectivity index (χ3v) is 3.21. The molecule has 1 saturated carbocycles. The van der Waals surface area contributed by atoms with Gasteiger partial charge in [-0.1, -0.05) is 19.3 Å². The molecule has 0 radical (unpaired) electrons. The first kappa shape index (κ1) is 9.67. The summed E-state index contributed by atoms with van der Waals surface area (Å²) in [6.07, 6.45) is 6.55. The predicted octanol–water partition coefficient (Wildman–Crippen LogP) is 3.66. The second-order valence-electron chi connectivity index (χ2n) is 3.41. The highest BCUT2D eigenvalue weighted by Crippen LogP contribution is 2.36. The Bertz CT molecular complexity index is 91.7. The molecule has 0 aromatic heterocycles. The normalized spacial score (nSPS) is 31.1. The van der Waals surface area contributed by atoms with E-state index in [0.717, 1.165) is 23.6 Å². The van der Waals surface area contributed by atoms with Crippen LogP contribution in [-0.2, 0) is 0 Å². The molecule has 0 heterocycles. The molecule has 0 aromatic rings. The van der Waals surface area contributed by atoms with Crippen molar-refractivity contribution in [1.29, 1.82) is 0 Å². The minimum absolute atomic E-state index is 0.823. The van der Waals surface area contributed by atoms with E-state index in [9.17, 15) is 0 Å². The van der Waals surface area contributed by atoms with Gasteiger partial charge in [0.05, 0.1) is 0 Å². The lowest BCUT2D eigenvalue weighted by molar-refractivity contribution is 0.370. The van der Waals surface area contributed by atoms with E-state index >= 15 is 0 Å². The summed E-state index contributed by atoms with van der Waals surface area (Å²) in [6.45, 7) is 0. The second-order valence-corrected chi connectivity index (χ2v) is 4.16. The molecule has 0 unspecified atom stereocenters. The van der Waals surface area contributed by atoms with Gasteiger partial charge in [0.15, 0.2) is 0 Å². The SMILES string of the molecule is ClCC[C@H]1CCC[C@@H]1CCCl. The number of hydrogen-bond donors (Lipinski definition) is 0. The van der Waals surface area contributed by atoms with E-state index in [1.54, 1.807) is 0 Å². The van der Waals surface area contributed by atoms with Crippen molar-refractivity contribution >= 4 is 23.2 Å². The molecule has 2 heteroatoms. The van der Waals surface area contributed by atoms with Crippen LogP contribution in [0.15, 0.2) is 0 Å².